The van der Waals surface area contributed by atoms with Gasteiger partial charge in [-0.1, -0.05) is 12.8 Å². The minimum Gasteiger partial charge on any atom is -0.444 e. The number of carbonyl (C=O) groups is 1. The lowest BCUT2D eigenvalue weighted by molar-refractivity contribution is 0.0450. The third kappa shape index (κ3) is 6.43. The molecule has 0 aromatic carbocycles. The van der Waals surface area contributed by atoms with Gasteiger partial charge in [-0.3, -0.25) is 0 Å². The predicted octanol–water partition coefficient (Wildman–Crippen LogP) is 4.36. The molecular formula is C17H26BrNO3S. The molecule has 1 aliphatic carbocycles. The lowest BCUT2D eigenvalue weighted by Crippen LogP contribution is -2.43. The number of hydrogen-bond acceptors (Lipinski definition) is 4. The van der Waals surface area contributed by atoms with E-state index in [0.29, 0.717) is 12.5 Å². The molecule has 1 aliphatic rings. The number of aliphatic hydroxyl groups is 1. The maximum atomic E-state index is 12.0. The summed E-state index contributed by atoms with van der Waals surface area (Å²) in [4.78, 5) is 13.2. The van der Waals surface area contributed by atoms with E-state index in [1.807, 2.05) is 20.8 Å². The van der Waals surface area contributed by atoms with E-state index in [-0.39, 0.29) is 12.0 Å². The van der Waals surface area contributed by atoms with Gasteiger partial charge >= 0.3 is 6.09 Å². The van der Waals surface area contributed by atoms with Crippen molar-refractivity contribution >= 4 is 33.4 Å². The highest BCUT2D eigenvalue weighted by Gasteiger charge is 2.37. The monoisotopic (exact) mass is 403 g/mol. The number of nitrogens with one attached hydrogen (secondary N) is 1. The van der Waals surface area contributed by atoms with Gasteiger partial charge in [0.05, 0.1) is 6.61 Å². The van der Waals surface area contributed by atoms with Crippen LogP contribution in [0.15, 0.2) is 15.9 Å². The Bertz CT molecular complexity index is 536. The van der Waals surface area contributed by atoms with Gasteiger partial charge in [0, 0.05) is 26.7 Å². The summed E-state index contributed by atoms with van der Waals surface area (Å²) in [6.45, 7) is 6.04. The fourth-order valence-electron chi connectivity index (χ4n) is 2.71. The van der Waals surface area contributed by atoms with Crippen molar-refractivity contribution in [1.29, 1.82) is 0 Å². The van der Waals surface area contributed by atoms with E-state index in [0.717, 1.165) is 17.3 Å². The molecule has 0 saturated heterocycles. The summed E-state index contributed by atoms with van der Waals surface area (Å²) in [5.74, 6) is 0.672. The van der Waals surface area contributed by atoms with Crippen molar-refractivity contribution in [2.75, 3.05) is 13.2 Å². The van der Waals surface area contributed by atoms with Crippen LogP contribution in [-0.2, 0) is 11.2 Å². The van der Waals surface area contributed by atoms with Gasteiger partial charge in [-0.05, 0) is 61.5 Å². The average Bonchev–Trinajstić information content (AvgIpc) is 3.15. The molecule has 1 amide bonds. The molecule has 0 spiro atoms. The van der Waals surface area contributed by atoms with Crippen LogP contribution >= 0.6 is 27.3 Å². The van der Waals surface area contributed by atoms with Gasteiger partial charge in [0.25, 0.3) is 0 Å². The number of carbonyl (C=O) groups excluding carboxylic acids is 1. The predicted molar refractivity (Wildman–Crippen MR) is 96.8 cm³/mol. The lowest BCUT2D eigenvalue weighted by atomic mass is 9.79. The van der Waals surface area contributed by atoms with Gasteiger partial charge in [-0.25, -0.2) is 4.79 Å². The first-order chi connectivity index (χ1) is 10.7. The van der Waals surface area contributed by atoms with Gasteiger partial charge in [-0.2, -0.15) is 0 Å². The van der Waals surface area contributed by atoms with Crippen LogP contribution in [0.2, 0.25) is 0 Å². The molecule has 1 aromatic heterocycles. The SMILES string of the molecule is CC(C)(C)OC(=O)NCC(CO)(Cc1cc(Br)cs1)CC1CC1. The van der Waals surface area contributed by atoms with Crippen molar-refractivity contribution in [3.8, 4) is 0 Å². The molecule has 0 radical (unpaired) electrons. The smallest absolute Gasteiger partial charge is 0.407 e. The molecule has 23 heavy (non-hydrogen) atoms. The third-order valence-corrected chi connectivity index (χ3v) is 5.63. The van der Waals surface area contributed by atoms with Crippen molar-refractivity contribution < 1.29 is 14.6 Å². The molecular weight excluding hydrogens is 378 g/mol. The Morgan fingerprint density at radius 3 is 2.65 bits per heavy atom. The molecule has 1 unspecified atom stereocenters. The van der Waals surface area contributed by atoms with Crippen molar-refractivity contribution in [2.45, 2.75) is 52.1 Å². The summed E-state index contributed by atoms with van der Waals surface area (Å²) in [5.41, 5.74) is -0.830. The van der Waals surface area contributed by atoms with Crippen molar-refractivity contribution in [3.05, 3.63) is 20.8 Å². The number of amides is 1. The number of hydrogen-bond donors (Lipinski definition) is 2. The fraction of sp³-hybridized carbons (Fsp3) is 0.706. The first-order valence-corrected chi connectivity index (χ1v) is 9.69. The summed E-state index contributed by atoms with van der Waals surface area (Å²) in [6.07, 6.45) is 3.74. The summed E-state index contributed by atoms with van der Waals surface area (Å²) >= 11 is 5.16. The van der Waals surface area contributed by atoms with Crippen LogP contribution < -0.4 is 5.32 Å². The molecule has 0 bridgehead atoms. The number of alkyl carbamates (subject to hydrolysis) is 1. The van der Waals surface area contributed by atoms with E-state index in [2.05, 4.69) is 32.7 Å². The topological polar surface area (TPSA) is 58.6 Å². The second kappa shape index (κ2) is 7.53. The van der Waals surface area contributed by atoms with Gasteiger partial charge in [0.1, 0.15) is 5.60 Å². The highest BCUT2D eigenvalue weighted by molar-refractivity contribution is 9.10. The quantitative estimate of drug-likeness (QED) is 0.710. The highest BCUT2D eigenvalue weighted by Crippen LogP contribution is 2.42. The molecule has 1 saturated carbocycles. The van der Waals surface area contributed by atoms with Crippen molar-refractivity contribution in [2.24, 2.45) is 11.3 Å². The van der Waals surface area contributed by atoms with Crippen molar-refractivity contribution in [3.63, 3.8) is 0 Å². The number of ether oxygens (including phenoxy) is 1. The molecule has 1 aromatic rings. The van der Waals surface area contributed by atoms with E-state index < -0.39 is 11.7 Å². The Kier molecular flexibility index (Phi) is 6.14. The Balaban J connectivity index is 2.01. The molecule has 130 valence electrons. The van der Waals surface area contributed by atoms with Crippen LogP contribution in [0.4, 0.5) is 4.79 Å². The Hall–Kier alpha value is -0.590. The van der Waals surface area contributed by atoms with Crippen LogP contribution in [0, 0.1) is 11.3 Å². The second-order valence-electron chi connectivity index (χ2n) is 7.57. The number of halogens is 1. The number of aliphatic hydroxyl groups excluding tert-OH is 1. The summed E-state index contributed by atoms with van der Waals surface area (Å²) in [6, 6.07) is 2.09. The Labute approximate surface area is 150 Å². The summed E-state index contributed by atoms with van der Waals surface area (Å²) in [7, 11) is 0. The summed E-state index contributed by atoms with van der Waals surface area (Å²) in [5, 5.41) is 15.0. The van der Waals surface area contributed by atoms with Crippen molar-refractivity contribution in [1.82, 2.24) is 5.32 Å². The highest BCUT2D eigenvalue weighted by atomic mass is 79.9. The Morgan fingerprint density at radius 2 is 2.17 bits per heavy atom. The van der Waals surface area contributed by atoms with E-state index in [4.69, 9.17) is 4.74 Å². The molecule has 6 heteroatoms. The molecule has 4 nitrogen and oxygen atoms in total. The number of rotatable bonds is 7. The first kappa shape index (κ1) is 18.7. The first-order valence-electron chi connectivity index (χ1n) is 8.02. The molecule has 2 N–H and O–H groups in total. The van der Waals surface area contributed by atoms with Gasteiger partial charge in [-0.15, -0.1) is 11.3 Å². The largest absolute Gasteiger partial charge is 0.444 e. The lowest BCUT2D eigenvalue weighted by Gasteiger charge is -2.32. The van der Waals surface area contributed by atoms with E-state index >= 15 is 0 Å². The minimum absolute atomic E-state index is 0.0643. The molecule has 1 fully saturated rings. The third-order valence-electron chi connectivity index (χ3n) is 3.93. The van der Waals surface area contributed by atoms with E-state index in [1.165, 1.54) is 17.7 Å². The molecule has 0 aliphatic heterocycles. The van der Waals surface area contributed by atoms with E-state index in [1.54, 1.807) is 11.3 Å². The molecule has 1 atom stereocenters. The molecule has 2 rings (SSSR count). The van der Waals surface area contributed by atoms with E-state index in [9.17, 15) is 9.90 Å². The average molecular weight is 404 g/mol. The fourth-order valence-corrected chi connectivity index (χ4v) is 4.33. The van der Waals surface area contributed by atoms with Gasteiger partial charge < -0.3 is 15.2 Å². The zero-order valence-electron chi connectivity index (χ0n) is 14.0. The standard InChI is InChI=1S/C17H26BrNO3S/c1-16(2,3)22-15(21)19-10-17(11-20,7-12-4-5-12)8-14-6-13(18)9-23-14/h6,9,12,20H,4-5,7-8,10-11H2,1-3H3,(H,19,21). The zero-order chi connectivity index (χ0) is 17.1. The van der Waals surface area contributed by atoms with Crippen LogP contribution in [0.25, 0.3) is 0 Å². The zero-order valence-corrected chi connectivity index (χ0v) is 16.4. The van der Waals surface area contributed by atoms with Crippen LogP contribution in [-0.4, -0.2) is 30.0 Å². The van der Waals surface area contributed by atoms with Crippen LogP contribution in [0.1, 0.15) is 44.9 Å². The maximum absolute atomic E-state index is 12.0. The normalized spacial score (nSPS) is 17.6. The van der Waals surface area contributed by atoms with Crippen LogP contribution in [0.5, 0.6) is 0 Å². The maximum Gasteiger partial charge on any atom is 0.407 e. The minimum atomic E-state index is -0.513. The molecule has 1 heterocycles. The van der Waals surface area contributed by atoms with Crippen LogP contribution in [0.3, 0.4) is 0 Å². The Morgan fingerprint density at radius 1 is 1.48 bits per heavy atom. The number of thiophene rings is 1. The van der Waals surface area contributed by atoms with Gasteiger partial charge in [0.15, 0.2) is 0 Å². The second-order valence-corrected chi connectivity index (χ2v) is 9.48. The summed E-state index contributed by atoms with van der Waals surface area (Å²) < 4.78 is 6.38. The van der Waals surface area contributed by atoms with Gasteiger partial charge in [0.2, 0.25) is 0 Å².